The monoisotopic (exact) mass is 724 g/mol. The summed E-state index contributed by atoms with van der Waals surface area (Å²) in [5.41, 5.74) is 6.41. The van der Waals surface area contributed by atoms with Crippen molar-refractivity contribution in [1.29, 1.82) is 0 Å². The van der Waals surface area contributed by atoms with Gasteiger partial charge < -0.3 is 42.5 Å². The van der Waals surface area contributed by atoms with Crippen molar-refractivity contribution in [3.8, 4) is 5.75 Å². The number of carbonyl (C=O) groups excluding carboxylic acids is 5. The summed E-state index contributed by atoms with van der Waals surface area (Å²) in [5.74, 6) is -4.26. The Hall–Kier alpha value is -4.98. The predicted molar refractivity (Wildman–Crippen MR) is 199 cm³/mol. The molecule has 0 spiro atoms. The number of benzene rings is 2. The maximum Gasteiger partial charge on any atom is 0.322 e. The van der Waals surface area contributed by atoms with Crippen molar-refractivity contribution < 1.29 is 39.0 Å². The van der Waals surface area contributed by atoms with E-state index in [-0.39, 0.29) is 46.9 Å². The van der Waals surface area contributed by atoms with Gasteiger partial charge in [-0.05, 0) is 87.4 Å². The summed E-state index contributed by atoms with van der Waals surface area (Å²) >= 11 is 0. The number of hydrogen-bond acceptors (Lipinski definition) is 8. The van der Waals surface area contributed by atoms with Crippen molar-refractivity contribution in [2.45, 2.75) is 110 Å². The lowest BCUT2D eigenvalue weighted by atomic mass is 9.96. The van der Waals surface area contributed by atoms with E-state index in [1.54, 1.807) is 12.1 Å². The largest absolute Gasteiger partial charge is 0.508 e. The molecule has 0 saturated carbocycles. The second kappa shape index (κ2) is 22.8. The van der Waals surface area contributed by atoms with E-state index in [2.05, 4.69) is 26.6 Å². The number of nitrogens with one attached hydrogen (secondary N) is 5. The highest BCUT2D eigenvalue weighted by Crippen LogP contribution is 2.20. The number of aliphatic carboxylic acids is 1. The van der Waals surface area contributed by atoms with Gasteiger partial charge in [-0.15, -0.1) is 0 Å². The molecule has 0 heterocycles. The molecular formula is C38H56N6O8. The number of unbranched alkanes of at least 4 members (excludes halogenated alkanes) is 1. The Kier molecular flexibility index (Phi) is 18.9. The first kappa shape index (κ1) is 43.2. The standard InChI is InChI=1S/C38H56N6O8/c1-5-11-25(12-6-2)34(48)43-31(13-9-10-18-39)38(52)42-29-21-26(35(49)41-28(7-3)8-4)20-27(22-29)36(50)44-32(37(51)40-23-33(46)47)19-24-14-16-30(45)17-15-24/h14-17,20-22,25,28,31-32,45H,5-13,18-19,23,39H2,1-4H3,(H,40,51)(H,41,49)(H,42,52)(H,43,48)(H,44,50)(H,46,47). The fourth-order valence-electron chi connectivity index (χ4n) is 5.71. The van der Waals surface area contributed by atoms with E-state index >= 15 is 0 Å². The van der Waals surface area contributed by atoms with Gasteiger partial charge in [-0.25, -0.2) is 0 Å². The number of anilines is 1. The minimum absolute atomic E-state index is 0.000592. The van der Waals surface area contributed by atoms with E-state index in [1.807, 2.05) is 27.7 Å². The van der Waals surface area contributed by atoms with Gasteiger partial charge in [0.05, 0.1) is 0 Å². The maximum absolute atomic E-state index is 13.8. The molecule has 14 heteroatoms. The Morgan fingerprint density at radius 3 is 1.85 bits per heavy atom. The van der Waals surface area contributed by atoms with Gasteiger partial charge in [-0.3, -0.25) is 28.8 Å². The lowest BCUT2D eigenvalue weighted by molar-refractivity contribution is -0.138. The van der Waals surface area contributed by atoms with E-state index in [0.717, 1.165) is 12.8 Å². The van der Waals surface area contributed by atoms with Crippen molar-refractivity contribution >= 4 is 41.2 Å². The van der Waals surface area contributed by atoms with Crippen LogP contribution in [0.15, 0.2) is 42.5 Å². The second-order valence-electron chi connectivity index (χ2n) is 12.9. The van der Waals surface area contributed by atoms with Gasteiger partial charge in [-0.1, -0.05) is 52.7 Å². The minimum Gasteiger partial charge on any atom is -0.508 e. The van der Waals surface area contributed by atoms with Gasteiger partial charge in [0, 0.05) is 35.2 Å². The molecule has 52 heavy (non-hydrogen) atoms. The Morgan fingerprint density at radius 1 is 0.712 bits per heavy atom. The highest BCUT2D eigenvalue weighted by molar-refractivity contribution is 6.05. The predicted octanol–water partition coefficient (Wildman–Crippen LogP) is 3.62. The van der Waals surface area contributed by atoms with Crippen molar-refractivity contribution in [3.63, 3.8) is 0 Å². The number of hydrogen-bond donors (Lipinski definition) is 8. The molecule has 0 radical (unpaired) electrons. The molecule has 286 valence electrons. The average molecular weight is 725 g/mol. The number of rotatable bonds is 23. The molecule has 0 bridgehead atoms. The summed E-state index contributed by atoms with van der Waals surface area (Å²) in [6, 6.07) is 7.82. The third kappa shape index (κ3) is 14.7. The normalized spacial score (nSPS) is 12.1. The zero-order chi connectivity index (χ0) is 38.6. The third-order valence-corrected chi connectivity index (χ3v) is 8.68. The number of phenols is 1. The first-order valence-corrected chi connectivity index (χ1v) is 18.2. The lowest BCUT2D eigenvalue weighted by Gasteiger charge is -2.23. The number of amides is 5. The number of aromatic hydroxyl groups is 1. The van der Waals surface area contributed by atoms with Gasteiger partial charge in [0.15, 0.2) is 0 Å². The molecule has 2 unspecified atom stereocenters. The van der Waals surface area contributed by atoms with Crippen LogP contribution in [0, 0.1) is 5.92 Å². The van der Waals surface area contributed by atoms with E-state index in [0.29, 0.717) is 57.1 Å². The second-order valence-corrected chi connectivity index (χ2v) is 12.9. The zero-order valence-corrected chi connectivity index (χ0v) is 30.8. The van der Waals surface area contributed by atoms with Crippen LogP contribution in [0.3, 0.4) is 0 Å². The number of nitrogens with two attached hydrogens (primary N) is 1. The van der Waals surface area contributed by atoms with Crippen LogP contribution in [0.1, 0.15) is 112 Å². The quantitative estimate of drug-likeness (QED) is 0.0782. The smallest absolute Gasteiger partial charge is 0.322 e. The summed E-state index contributed by atoms with van der Waals surface area (Å²) in [6.45, 7) is 7.60. The van der Waals surface area contributed by atoms with Crippen LogP contribution in [0.4, 0.5) is 5.69 Å². The van der Waals surface area contributed by atoms with Crippen LogP contribution >= 0.6 is 0 Å². The summed E-state index contributed by atoms with van der Waals surface area (Å²) in [4.78, 5) is 78.4. The van der Waals surface area contributed by atoms with Gasteiger partial charge in [-0.2, -0.15) is 0 Å². The van der Waals surface area contributed by atoms with Gasteiger partial charge in [0.2, 0.25) is 17.7 Å². The molecular weight excluding hydrogens is 668 g/mol. The first-order chi connectivity index (χ1) is 24.8. The molecule has 0 fully saturated rings. The summed E-state index contributed by atoms with van der Waals surface area (Å²) in [6.07, 6.45) is 5.84. The van der Waals surface area contributed by atoms with Crippen molar-refractivity contribution in [2.75, 3.05) is 18.4 Å². The number of carboxylic acids is 1. The molecule has 5 amide bonds. The summed E-state index contributed by atoms with van der Waals surface area (Å²) in [5, 5.41) is 32.3. The molecule has 0 aliphatic carbocycles. The summed E-state index contributed by atoms with van der Waals surface area (Å²) < 4.78 is 0. The lowest BCUT2D eigenvalue weighted by Crippen LogP contribution is -2.49. The van der Waals surface area contributed by atoms with Gasteiger partial charge in [0.25, 0.3) is 11.8 Å². The zero-order valence-electron chi connectivity index (χ0n) is 30.8. The Balaban J connectivity index is 2.49. The van der Waals surface area contributed by atoms with Crippen LogP contribution in [-0.2, 0) is 25.6 Å². The number of carboxylic acid groups (broad SMARTS) is 1. The molecule has 0 aliphatic heterocycles. The van der Waals surface area contributed by atoms with E-state index in [1.165, 1.54) is 30.3 Å². The van der Waals surface area contributed by atoms with Crippen molar-refractivity contribution in [2.24, 2.45) is 11.7 Å². The van der Waals surface area contributed by atoms with Crippen LogP contribution in [0.25, 0.3) is 0 Å². The molecule has 2 rings (SSSR count). The van der Waals surface area contributed by atoms with Crippen LogP contribution < -0.4 is 32.3 Å². The fraction of sp³-hybridized carbons (Fsp3) is 0.526. The number of carbonyl (C=O) groups is 6. The molecule has 0 aliphatic rings. The minimum atomic E-state index is -1.27. The Bertz CT molecular complexity index is 1490. The highest BCUT2D eigenvalue weighted by Gasteiger charge is 2.27. The Labute approximate surface area is 306 Å². The van der Waals surface area contributed by atoms with E-state index in [9.17, 15) is 33.9 Å². The summed E-state index contributed by atoms with van der Waals surface area (Å²) in [7, 11) is 0. The van der Waals surface area contributed by atoms with Crippen LogP contribution in [-0.4, -0.2) is 76.9 Å². The van der Waals surface area contributed by atoms with E-state index < -0.39 is 48.2 Å². The van der Waals surface area contributed by atoms with Crippen LogP contribution in [0.5, 0.6) is 5.75 Å². The SMILES string of the molecule is CCCC(CCC)C(=O)NC(CCCCN)C(=O)Nc1cc(C(=O)NC(CC)CC)cc(C(=O)NC(Cc2ccc(O)cc2)C(=O)NCC(=O)O)c1. The molecule has 2 atom stereocenters. The van der Waals surface area contributed by atoms with Crippen molar-refractivity contribution in [1.82, 2.24) is 21.3 Å². The van der Waals surface area contributed by atoms with E-state index in [4.69, 9.17) is 10.8 Å². The molecule has 0 saturated heterocycles. The molecule has 14 nitrogen and oxygen atoms in total. The van der Waals surface area contributed by atoms with Gasteiger partial charge in [0.1, 0.15) is 24.4 Å². The van der Waals surface area contributed by atoms with Crippen molar-refractivity contribution in [3.05, 3.63) is 59.2 Å². The number of phenolic OH excluding ortho intramolecular Hbond substituents is 1. The molecule has 0 aromatic heterocycles. The highest BCUT2D eigenvalue weighted by atomic mass is 16.4. The van der Waals surface area contributed by atoms with Crippen LogP contribution in [0.2, 0.25) is 0 Å². The first-order valence-electron chi connectivity index (χ1n) is 18.2. The van der Waals surface area contributed by atoms with Gasteiger partial charge >= 0.3 is 5.97 Å². The average Bonchev–Trinajstić information content (AvgIpc) is 3.12. The maximum atomic E-state index is 13.8. The molecule has 2 aromatic rings. The Morgan fingerprint density at radius 2 is 1.31 bits per heavy atom. The molecule has 2 aromatic carbocycles. The topological polar surface area (TPSA) is 229 Å². The fourth-order valence-corrected chi connectivity index (χ4v) is 5.71. The third-order valence-electron chi connectivity index (χ3n) is 8.68. The molecule has 9 N–H and O–H groups in total.